The molecule has 0 saturated heterocycles. The van der Waals surface area contributed by atoms with E-state index >= 15 is 0 Å². The van der Waals surface area contributed by atoms with Crippen LogP contribution in [0.1, 0.15) is 5.56 Å². The number of hydrogen-bond donors (Lipinski definition) is 1. The number of thioether (sulfide) groups is 1. The molecule has 0 aromatic heterocycles. The lowest BCUT2D eigenvalue weighted by Gasteiger charge is -2.10. The van der Waals surface area contributed by atoms with Gasteiger partial charge >= 0.3 is 6.36 Å². The molecule has 1 aromatic rings. The minimum absolute atomic E-state index is 0.281. The van der Waals surface area contributed by atoms with E-state index in [0.29, 0.717) is 5.75 Å². The first-order valence-electron chi connectivity index (χ1n) is 5.24. The summed E-state index contributed by atoms with van der Waals surface area (Å²) in [5.41, 5.74) is 4.16. The van der Waals surface area contributed by atoms with Gasteiger partial charge in [-0.2, -0.15) is 11.8 Å². The van der Waals surface area contributed by atoms with E-state index in [9.17, 15) is 23.1 Å². The first-order valence-corrected chi connectivity index (χ1v) is 6.40. The molecule has 106 valence electrons. The molecule has 8 heteroatoms. The summed E-state index contributed by atoms with van der Waals surface area (Å²) in [7, 11) is 0. The van der Waals surface area contributed by atoms with Gasteiger partial charge in [-0.25, -0.2) is 0 Å². The molecule has 0 aliphatic rings. The highest BCUT2D eigenvalue weighted by Gasteiger charge is 2.30. The first kappa shape index (κ1) is 15.6. The number of alkyl halides is 3. The Morgan fingerprint density at radius 2 is 1.95 bits per heavy atom. The van der Waals surface area contributed by atoms with Crippen LogP contribution in [0.25, 0.3) is 0 Å². The predicted octanol–water partition coefficient (Wildman–Crippen LogP) is 0.179. The zero-order valence-corrected chi connectivity index (χ0v) is 10.6. The third-order valence-corrected chi connectivity index (χ3v) is 3.25. The monoisotopic (exact) mass is 295 g/mol. The number of quaternary nitrogens is 1. The summed E-state index contributed by atoms with van der Waals surface area (Å²) < 4.78 is 39.5. The molecular weight excluding hydrogens is 283 g/mol. The summed E-state index contributed by atoms with van der Waals surface area (Å²) in [5, 5.41) is 10.4. The van der Waals surface area contributed by atoms with Gasteiger partial charge in [-0.05, 0) is 17.7 Å². The van der Waals surface area contributed by atoms with Crippen molar-refractivity contribution in [2.75, 3.05) is 5.75 Å². The van der Waals surface area contributed by atoms with Gasteiger partial charge in [0.2, 0.25) is 0 Å². The summed E-state index contributed by atoms with van der Waals surface area (Å²) in [5.74, 6) is -0.748. The molecule has 0 heterocycles. The van der Waals surface area contributed by atoms with Crippen LogP contribution in [0.4, 0.5) is 13.2 Å². The molecule has 0 saturated carbocycles. The van der Waals surface area contributed by atoms with Crippen molar-refractivity contribution in [3.8, 4) is 5.75 Å². The molecular formula is C11H12F3NO3S. The van der Waals surface area contributed by atoms with Gasteiger partial charge in [-0.1, -0.05) is 12.1 Å². The van der Waals surface area contributed by atoms with Crippen LogP contribution in [-0.2, 0) is 10.5 Å². The molecule has 19 heavy (non-hydrogen) atoms. The molecule has 0 radical (unpaired) electrons. The molecule has 4 nitrogen and oxygen atoms in total. The largest absolute Gasteiger partial charge is 0.573 e. The fraction of sp³-hybridized carbons (Fsp3) is 0.364. The zero-order valence-electron chi connectivity index (χ0n) is 9.77. The van der Waals surface area contributed by atoms with E-state index in [2.05, 4.69) is 10.5 Å². The molecule has 0 fully saturated rings. The number of carboxylic acids is 1. The van der Waals surface area contributed by atoms with Gasteiger partial charge < -0.3 is 20.4 Å². The van der Waals surface area contributed by atoms with Crippen molar-refractivity contribution >= 4 is 17.7 Å². The lowest BCUT2D eigenvalue weighted by atomic mass is 10.2. The molecule has 0 aliphatic carbocycles. The van der Waals surface area contributed by atoms with E-state index in [0.717, 1.165) is 5.56 Å². The number of aliphatic carboxylic acids is 1. The highest BCUT2D eigenvalue weighted by atomic mass is 32.2. The number of hydrogen-bond acceptors (Lipinski definition) is 4. The molecule has 0 bridgehead atoms. The minimum Gasteiger partial charge on any atom is -0.544 e. The maximum absolute atomic E-state index is 11.9. The first-order chi connectivity index (χ1) is 8.78. The minimum atomic E-state index is -4.70. The highest BCUT2D eigenvalue weighted by Crippen LogP contribution is 2.23. The molecule has 3 N–H and O–H groups in total. The summed E-state index contributed by atoms with van der Waals surface area (Å²) >= 11 is 1.32. The second kappa shape index (κ2) is 6.67. The predicted molar refractivity (Wildman–Crippen MR) is 61.0 cm³/mol. The third kappa shape index (κ3) is 6.35. The van der Waals surface area contributed by atoms with Crippen molar-refractivity contribution in [2.45, 2.75) is 18.2 Å². The van der Waals surface area contributed by atoms with Gasteiger partial charge in [0.05, 0.1) is 11.7 Å². The Bertz CT molecular complexity index is 422. The number of carboxylic acid groups (broad SMARTS) is 1. The van der Waals surface area contributed by atoms with Crippen molar-refractivity contribution in [3.05, 3.63) is 29.8 Å². The molecule has 0 aliphatic heterocycles. The smallest absolute Gasteiger partial charge is 0.544 e. The van der Waals surface area contributed by atoms with E-state index in [1.165, 1.54) is 36.0 Å². The molecule has 1 rings (SSSR count). The van der Waals surface area contributed by atoms with Crippen LogP contribution < -0.4 is 15.6 Å². The number of halogens is 3. The number of carbonyl (C=O) groups is 1. The Hall–Kier alpha value is -1.41. The van der Waals surface area contributed by atoms with E-state index in [4.69, 9.17) is 0 Å². The van der Waals surface area contributed by atoms with E-state index in [1.54, 1.807) is 0 Å². The van der Waals surface area contributed by atoms with E-state index < -0.39 is 18.4 Å². The average molecular weight is 295 g/mol. The fourth-order valence-electron chi connectivity index (χ4n) is 1.17. The fourth-order valence-corrected chi connectivity index (χ4v) is 2.14. The van der Waals surface area contributed by atoms with Crippen molar-refractivity contribution in [1.29, 1.82) is 0 Å². The Kier molecular flexibility index (Phi) is 5.49. The van der Waals surface area contributed by atoms with Crippen molar-refractivity contribution < 1.29 is 33.5 Å². The van der Waals surface area contributed by atoms with Gasteiger partial charge in [-0.3, -0.25) is 0 Å². The average Bonchev–Trinajstić information content (AvgIpc) is 2.29. The maximum Gasteiger partial charge on any atom is 0.573 e. The van der Waals surface area contributed by atoms with E-state index in [-0.39, 0.29) is 11.5 Å². The third-order valence-electron chi connectivity index (χ3n) is 2.08. The van der Waals surface area contributed by atoms with Crippen molar-refractivity contribution in [3.63, 3.8) is 0 Å². The standard InChI is InChI=1S/C11H12F3NO3S/c12-11(13,14)18-8-3-1-7(2-4-8)5-19-6-9(15)10(16)17/h1-4,9H,5-6,15H2,(H,16,17)/t9-/m0/s1. The van der Waals surface area contributed by atoms with Crippen LogP contribution in [0.3, 0.4) is 0 Å². The van der Waals surface area contributed by atoms with Crippen LogP contribution in [0, 0.1) is 0 Å². The quantitative estimate of drug-likeness (QED) is 0.812. The van der Waals surface area contributed by atoms with Crippen LogP contribution in [0.15, 0.2) is 24.3 Å². The normalized spacial score (nSPS) is 13.1. The molecule has 1 aromatic carbocycles. The topological polar surface area (TPSA) is 77.0 Å². The number of rotatable bonds is 6. The lowest BCUT2D eigenvalue weighted by molar-refractivity contribution is -0.431. The van der Waals surface area contributed by atoms with Crippen molar-refractivity contribution in [2.24, 2.45) is 0 Å². The zero-order chi connectivity index (χ0) is 14.5. The van der Waals surface area contributed by atoms with Crippen LogP contribution >= 0.6 is 11.8 Å². The van der Waals surface area contributed by atoms with Gasteiger partial charge in [0.15, 0.2) is 0 Å². The molecule has 0 unspecified atom stereocenters. The maximum atomic E-state index is 11.9. The second-order valence-corrected chi connectivity index (χ2v) is 4.75. The SMILES string of the molecule is [NH3+][C@@H](CSCc1ccc(OC(F)(F)F)cc1)C(=O)[O-]. The summed E-state index contributed by atoms with van der Waals surface area (Å²) in [6.07, 6.45) is -4.70. The number of benzene rings is 1. The van der Waals surface area contributed by atoms with Gasteiger partial charge in [-0.15, -0.1) is 13.2 Å². The number of ether oxygens (including phenoxy) is 1. The number of carbonyl (C=O) groups excluding carboxylic acids is 1. The Morgan fingerprint density at radius 1 is 1.37 bits per heavy atom. The second-order valence-electron chi connectivity index (χ2n) is 3.72. The summed E-state index contributed by atoms with van der Waals surface area (Å²) in [4.78, 5) is 10.4. The summed E-state index contributed by atoms with van der Waals surface area (Å²) in [6, 6.07) is 4.60. The van der Waals surface area contributed by atoms with Crippen molar-refractivity contribution in [1.82, 2.24) is 0 Å². The summed E-state index contributed by atoms with van der Waals surface area (Å²) in [6.45, 7) is 0. The lowest BCUT2D eigenvalue weighted by Crippen LogP contribution is -2.69. The van der Waals surface area contributed by atoms with Gasteiger partial charge in [0.1, 0.15) is 11.8 Å². The molecule has 0 amide bonds. The molecule has 0 spiro atoms. The molecule has 1 atom stereocenters. The van der Waals surface area contributed by atoms with Gasteiger partial charge in [0.25, 0.3) is 0 Å². The Labute approximate surface area is 111 Å². The van der Waals surface area contributed by atoms with Crippen LogP contribution in [0.2, 0.25) is 0 Å². The van der Waals surface area contributed by atoms with E-state index in [1.807, 2.05) is 0 Å². The highest BCUT2D eigenvalue weighted by molar-refractivity contribution is 7.98. The Morgan fingerprint density at radius 3 is 2.42 bits per heavy atom. The van der Waals surface area contributed by atoms with Crippen LogP contribution in [-0.4, -0.2) is 24.1 Å². The van der Waals surface area contributed by atoms with Crippen LogP contribution in [0.5, 0.6) is 5.75 Å². The van der Waals surface area contributed by atoms with Gasteiger partial charge in [0, 0.05) is 5.75 Å². The Balaban J connectivity index is 2.42.